The molecule has 3 N–H and O–H groups in total. The number of rotatable bonds is 1. The molecule has 0 saturated carbocycles. The first kappa shape index (κ1) is 28.0. The molecule has 11 nitrogen and oxygen atoms in total. The number of benzene rings is 1. The topological polar surface area (TPSA) is 139 Å². The van der Waals surface area contributed by atoms with Gasteiger partial charge in [-0.15, -0.1) is 0 Å². The molecule has 0 radical (unpaired) electrons. The van der Waals surface area contributed by atoms with Gasteiger partial charge in [-0.25, -0.2) is 10.4 Å². The van der Waals surface area contributed by atoms with Crippen molar-refractivity contribution in [3.63, 3.8) is 0 Å². The van der Waals surface area contributed by atoms with Crippen LogP contribution in [0, 0.1) is 5.92 Å². The lowest BCUT2D eigenvalue weighted by atomic mass is 10.0. The maximum atomic E-state index is 13.1. The molecule has 1 aromatic heterocycles. The first-order valence-corrected chi connectivity index (χ1v) is 13.2. The third kappa shape index (κ3) is 6.91. The summed E-state index contributed by atoms with van der Waals surface area (Å²) >= 11 is 0. The number of hydrazine groups is 1. The van der Waals surface area contributed by atoms with Crippen LogP contribution in [-0.4, -0.2) is 65.0 Å². The third-order valence-corrected chi connectivity index (χ3v) is 6.73. The second-order valence-electron chi connectivity index (χ2n) is 10.2. The largest absolute Gasteiger partial charge is 0.484 e. The summed E-state index contributed by atoms with van der Waals surface area (Å²) in [6.45, 7) is 7.01. The molecule has 1 aromatic carbocycles. The predicted octanol–water partition coefficient (Wildman–Crippen LogP) is 1.89. The van der Waals surface area contributed by atoms with Crippen molar-refractivity contribution in [3.05, 3.63) is 48.2 Å². The number of nitrogens with zero attached hydrogens (tertiary/aromatic N) is 2. The molecule has 3 aliphatic heterocycles. The average Bonchev–Trinajstić information content (AvgIpc) is 2.94. The number of ether oxygens (including phenoxy) is 2. The molecular weight excluding hydrogens is 502 g/mol. The highest BCUT2D eigenvalue weighted by atomic mass is 16.5. The number of amides is 3. The van der Waals surface area contributed by atoms with Crippen LogP contribution in [-0.2, 0) is 23.9 Å². The Morgan fingerprint density at radius 1 is 1.00 bits per heavy atom. The molecule has 39 heavy (non-hydrogen) atoms. The van der Waals surface area contributed by atoms with E-state index < -0.39 is 47.9 Å². The molecule has 3 aliphatic rings. The van der Waals surface area contributed by atoms with Gasteiger partial charge in [-0.3, -0.25) is 24.2 Å². The maximum absolute atomic E-state index is 13.1. The lowest BCUT2D eigenvalue weighted by molar-refractivity contribution is -0.157. The number of pyridine rings is 1. The summed E-state index contributed by atoms with van der Waals surface area (Å²) in [4.78, 5) is 56.4. The van der Waals surface area contributed by atoms with Crippen molar-refractivity contribution in [1.29, 1.82) is 0 Å². The Labute approximate surface area is 227 Å². The quantitative estimate of drug-likeness (QED) is 0.370. The minimum atomic E-state index is -0.892. The molecule has 3 amide bonds. The van der Waals surface area contributed by atoms with E-state index in [0.717, 1.165) is 5.56 Å². The second kappa shape index (κ2) is 12.2. The molecule has 5 rings (SSSR count). The summed E-state index contributed by atoms with van der Waals surface area (Å²) in [7, 11) is 0. The third-order valence-electron chi connectivity index (χ3n) is 6.73. The number of aromatic nitrogens is 1. The van der Waals surface area contributed by atoms with E-state index in [4.69, 9.17) is 9.47 Å². The lowest BCUT2D eigenvalue weighted by Gasteiger charge is -2.35. The van der Waals surface area contributed by atoms with Crippen LogP contribution in [0.3, 0.4) is 0 Å². The summed E-state index contributed by atoms with van der Waals surface area (Å²) in [5, 5.41) is 6.73. The zero-order valence-corrected chi connectivity index (χ0v) is 22.6. The summed E-state index contributed by atoms with van der Waals surface area (Å²) in [5.41, 5.74) is 5.05. The van der Waals surface area contributed by atoms with E-state index in [2.05, 4.69) is 21.0 Å². The van der Waals surface area contributed by atoms with Crippen molar-refractivity contribution in [2.75, 3.05) is 13.2 Å². The van der Waals surface area contributed by atoms with Gasteiger partial charge < -0.3 is 20.1 Å². The number of esters is 1. The van der Waals surface area contributed by atoms with Gasteiger partial charge in [0.05, 0.1) is 11.4 Å². The van der Waals surface area contributed by atoms with Gasteiger partial charge in [0.2, 0.25) is 5.91 Å². The van der Waals surface area contributed by atoms with Gasteiger partial charge in [-0.1, -0.05) is 19.9 Å². The monoisotopic (exact) mass is 537 g/mol. The molecule has 4 heterocycles. The fourth-order valence-corrected chi connectivity index (χ4v) is 4.49. The first-order chi connectivity index (χ1) is 18.6. The molecular formula is C28H35N5O6. The van der Waals surface area contributed by atoms with E-state index in [9.17, 15) is 19.2 Å². The minimum Gasteiger partial charge on any atom is -0.484 e. The highest BCUT2D eigenvalue weighted by molar-refractivity contribution is 5.92. The standard InChI is InChI=1S/C28H35N5O6/c1-16(2)25-26(35)29-17(3)27(36)33-14-6-9-23(32-33)28(37)39-18(4)21-7-5-8-22(30-21)19-10-12-20(13-11-19)38-15-24(34)31-25/h5,7-8,10-13,16-18,23,25,32H,6,9,14-15H2,1-4H3,(H,29,35)(H,31,34)/t17?,18-,23+,25+/m1/s1. The molecule has 2 aromatic rings. The predicted molar refractivity (Wildman–Crippen MR) is 142 cm³/mol. The Bertz CT molecular complexity index is 1220. The summed E-state index contributed by atoms with van der Waals surface area (Å²) < 4.78 is 11.3. The molecule has 0 spiro atoms. The van der Waals surface area contributed by atoms with Gasteiger partial charge in [0.15, 0.2) is 6.61 Å². The van der Waals surface area contributed by atoms with Gasteiger partial charge in [0.1, 0.15) is 30.0 Å². The molecule has 1 fully saturated rings. The minimum absolute atomic E-state index is 0.237. The Kier molecular flexibility index (Phi) is 8.80. The highest BCUT2D eigenvalue weighted by Gasteiger charge is 2.34. The van der Waals surface area contributed by atoms with Gasteiger partial charge >= 0.3 is 5.97 Å². The van der Waals surface area contributed by atoms with Crippen molar-refractivity contribution in [2.24, 2.45) is 5.92 Å². The van der Waals surface area contributed by atoms with E-state index >= 15 is 0 Å². The number of nitrogens with one attached hydrogen (secondary N) is 3. The molecule has 6 bridgehead atoms. The van der Waals surface area contributed by atoms with Crippen LogP contribution in [0.2, 0.25) is 0 Å². The van der Waals surface area contributed by atoms with Crippen LogP contribution in [0.1, 0.15) is 52.3 Å². The van der Waals surface area contributed by atoms with E-state index in [0.29, 0.717) is 36.5 Å². The normalized spacial score (nSPS) is 25.1. The van der Waals surface area contributed by atoms with E-state index in [-0.39, 0.29) is 12.5 Å². The molecule has 0 aliphatic carbocycles. The fraction of sp³-hybridized carbons (Fsp3) is 0.464. The maximum Gasteiger partial charge on any atom is 0.325 e. The van der Waals surface area contributed by atoms with E-state index in [1.54, 1.807) is 45.9 Å². The molecule has 11 heteroatoms. The zero-order valence-electron chi connectivity index (χ0n) is 22.6. The van der Waals surface area contributed by atoms with Crippen LogP contribution in [0.15, 0.2) is 42.5 Å². The summed E-state index contributed by atoms with van der Waals surface area (Å²) in [5.74, 6) is -1.59. The number of hydrogen-bond donors (Lipinski definition) is 3. The van der Waals surface area contributed by atoms with Crippen LogP contribution in [0.25, 0.3) is 11.3 Å². The van der Waals surface area contributed by atoms with Crippen molar-refractivity contribution in [2.45, 2.75) is 64.8 Å². The van der Waals surface area contributed by atoms with Crippen molar-refractivity contribution >= 4 is 23.7 Å². The zero-order chi connectivity index (χ0) is 28.1. The smallest absolute Gasteiger partial charge is 0.325 e. The van der Waals surface area contributed by atoms with Crippen LogP contribution >= 0.6 is 0 Å². The lowest BCUT2D eigenvalue weighted by Crippen LogP contribution is -2.61. The van der Waals surface area contributed by atoms with Crippen LogP contribution < -0.4 is 20.8 Å². The van der Waals surface area contributed by atoms with Crippen molar-refractivity contribution in [3.8, 4) is 17.0 Å². The Morgan fingerprint density at radius 2 is 1.74 bits per heavy atom. The Morgan fingerprint density at radius 3 is 2.46 bits per heavy atom. The SMILES string of the molecule is CC1NC(=O)[C@H](C(C)C)NC(=O)COc2ccc(cc2)-c2cccc(n2)[C@@H](C)OC(=O)[C@@H]2CCCN(N2)C1=O. The number of hydrogen-bond acceptors (Lipinski definition) is 8. The number of carbonyl (C=O) groups is 4. The van der Waals surface area contributed by atoms with Gasteiger partial charge in [-0.05, 0) is 69.0 Å². The second-order valence-corrected chi connectivity index (χ2v) is 10.2. The van der Waals surface area contributed by atoms with Crippen LogP contribution in [0.4, 0.5) is 0 Å². The molecule has 1 unspecified atom stereocenters. The van der Waals surface area contributed by atoms with Crippen LogP contribution in [0.5, 0.6) is 5.75 Å². The van der Waals surface area contributed by atoms with Crippen molar-refractivity contribution < 1.29 is 28.7 Å². The highest BCUT2D eigenvalue weighted by Crippen LogP contribution is 2.24. The Hall–Kier alpha value is -3.99. The summed E-state index contributed by atoms with van der Waals surface area (Å²) in [6, 6.07) is 10.1. The van der Waals surface area contributed by atoms with Gasteiger partial charge in [0.25, 0.3) is 11.8 Å². The Balaban J connectivity index is 1.61. The molecule has 4 atom stereocenters. The molecule has 208 valence electrons. The van der Waals surface area contributed by atoms with Gasteiger partial charge in [-0.2, -0.15) is 0 Å². The van der Waals surface area contributed by atoms with E-state index in [1.807, 2.05) is 24.3 Å². The van der Waals surface area contributed by atoms with E-state index in [1.165, 1.54) is 5.01 Å². The first-order valence-electron chi connectivity index (χ1n) is 13.2. The van der Waals surface area contributed by atoms with Gasteiger partial charge in [0, 0.05) is 12.1 Å². The molecule has 1 saturated heterocycles. The average molecular weight is 538 g/mol. The van der Waals surface area contributed by atoms with Crippen molar-refractivity contribution in [1.82, 2.24) is 26.1 Å². The fourth-order valence-electron chi connectivity index (χ4n) is 4.49. The number of fused-ring (bicyclic) bond motifs is 12. The summed E-state index contributed by atoms with van der Waals surface area (Å²) in [6.07, 6.45) is 0.469. The number of carbonyl (C=O) groups excluding carboxylic acids is 4.